The molecule has 2 heterocycles. The molecule has 0 saturated carbocycles. The molecule has 1 aliphatic heterocycles. The average molecular weight is 368 g/mol. The second kappa shape index (κ2) is 7.65. The molecule has 0 aliphatic carbocycles. The summed E-state index contributed by atoms with van der Waals surface area (Å²) in [5.41, 5.74) is 2.63. The van der Waals surface area contributed by atoms with Crippen LogP contribution in [0.3, 0.4) is 0 Å². The monoisotopic (exact) mass is 367 g/mol. The van der Waals surface area contributed by atoms with Crippen molar-refractivity contribution in [2.45, 2.75) is 26.2 Å². The molecule has 0 aromatic carbocycles. The summed E-state index contributed by atoms with van der Waals surface area (Å²) in [4.78, 5) is 10.8. The molecule has 0 radical (unpaired) electrons. The number of nitrogens with one attached hydrogen (secondary N) is 1. The van der Waals surface area contributed by atoms with E-state index in [1.807, 2.05) is 25.9 Å². The van der Waals surface area contributed by atoms with Crippen molar-refractivity contribution in [3.05, 3.63) is 16.9 Å². The average Bonchev–Trinajstić information content (AvgIpc) is 2.55. The lowest BCUT2D eigenvalue weighted by atomic mass is 9.90. The van der Waals surface area contributed by atoms with Gasteiger partial charge in [-0.1, -0.05) is 0 Å². The second-order valence-electron chi connectivity index (χ2n) is 6.75. The highest BCUT2D eigenvalue weighted by molar-refractivity contribution is 7.89. The van der Waals surface area contributed by atoms with Crippen molar-refractivity contribution in [3.63, 3.8) is 0 Å². The summed E-state index contributed by atoms with van der Waals surface area (Å²) in [5, 5.41) is 4.10. The Kier molecular flexibility index (Phi) is 5.99. The van der Waals surface area contributed by atoms with Gasteiger partial charge in [0.15, 0.2) is 0 Å². The van der Waals surface area contributed by atoms with E-state index >= 15 is 0 Å². The van der Waals surface area contributed by atoms with Crippen molar-refractivity contribution >= 4 is 22.5 Å². The van der Waals surface area contributed by atoms with Gasteiger partial charge in [-0.05, 0) is 32.1 Å². The molecule has 1 saturated heterocycles. The number of aryl methyl sites for hydroxylation is 1. The van der Waals surface area contributed by atoms with Crippen LogP contribution in [-0.2, 0) is 16.3 Å². The predicted octanol–water partition coefficient (Wildman–Crippen LogP) is 1.10. The highest BCUT2D eigenvalue weighted by Gasteiger charge is 2.26. The van der Waals surface area contributed by atoms with E-state index in [9.17, 15) is 4.21 Å². The van der Waals surface area contributed by atoms with Gasteiger partial charge in [0.1, 0.15) is 15.7 Å². The lowest BCUT2D eigenvalue weighted by Gasteiger charge is -2.32. The van der Waals surface area contributed by atoms with Gasteiger partial charge in [-0.2, -0.15) is 9.78 Å². The number of rotatable bonds is 5. The van der Waals surface area contributed by atoms with Crippen LogP contribution >= 0.6 is 0 Å². The molecule has 1 N–H and O–H groups in total. The molecule has 0 bridgehead atoms. The fourth-order valence-electron chi connectivity index (χ4n) is 3.37. The van der Waals surface area contributed by atoms with Crippen LogP contribution in [0, 0.1) is 17.6 Å². The van der Waals surface area contributed by atoms with Crippen LogP contribution in [0.25, 0.3) is 0 Å². The molecule has 8 nitrogen and oxygen atoms in total. The number of nitrogens with zero attached hydrogens (tertiary/aromatic N) is 6. The summed E-state index contributed by atoms with van der Waals surface area (Å²) in [6.45, 7) is 7.07. The normalized spacial score (nSPS) is 19.6. The molecule has 9 heteroatoms. The van der Waals surface area contributed by atoms with Crippen molar-refractivity contribution in [1.29, 1.82) is 4.78 Å². The quantitative estimate of drug-likeness (QED) is 0.790. The fourth-order valence-corrected chi connectivity index (χ4v) is 4.28. The van der Waals surface area contributed by atoms with E-state index in [0.717, 1.165) is 36.3 Å². The molecule has 1 fully saturated rings. The Balaban J connectivity index is 2.33. The number of hydrogen-bond acceptors (Lipinski definition) is 6. The SMILES string of the molecule is C=Nn1c(N(C)C)c(CC2CCN(S(C)(=N)=O)CC2)c(C)n/c1=N/C. The third-order valence-electron chi connectivity index (χ3n) is 4.69. The maximum Gasteiger partial charge on any atom is 0.247 e. The number of hydrogen-bond donors (Lipinski definition) is 1. The van der Waals surface area contributed by atoms with E-state index in [0.29, 0.717) is 24.6 Å². The molecule has 1 aromatic heterocycles. The van der Waals surface area contributed by atoms with E-state index < -0.39 is 9.92 Å². The Labute approximate surface area is 150 Å². The second-order valence-corrected chi connectivity index (χ2v) is 8.87. The van der Waals surface area contributed by atoms with E-state index in [1.165, 1.54) is 6.26 Å². The van der Waals surface area contributed by atoms with Gasteiger partial charge in [-0.25, -0.2) is 18.3 Å². The van der Waals surface area contributed by atoms with Crippen molar-refractivity contribution < 1.29 is 4.21 Å². The first-order valence-electron chi connectivity index (χ1n) is 8.37. The van der Waals surface area contributed by atoms with Crippen LogP contribution in [0.15, 0.2) is 10.1 Å². The zero-order valence-electron chi connectivity index (χ0n) is 15.8. The summed E-state index contributed by atoms with van der Waals surface area (Å²) < 4.78 is 23.1. The van der Waals surface area contributed by atoms with Crippen molar-refractivity contribution in [3.8, 4) is 0 Å². The van der Waals surface area contributed by atoms with Gasteiger partial charge in [0.25, 0.3) is 0 Å². The first-order valence-corrected chi connectivity index (χ1v) is 10.3. The first kappa shape index (κ1) is 19.6. The zero-order valence-corrected chi connectivity index (χ0v) is 16.6. The molecule has 1 atom stereocenters. The van der Waals surface area contributed by atoms with Crippen molar-refractivity contribution in [2.75, 3.05) is 45.4 Å². The van der Waals surface area contributed by atoms with Crippen LogP contribution in [0.4, 0.5) is 5.82 Å². The fraction of sp³-hybridized carbons (Fsp3) is 0.688. The standard InChI is InChI=1S/C16H29N7OS/c1-12-14(11-13-7-9-22(10-8-13)25(6,17)24)15(21(4)5)23(19-3)16(18-2)20-12/h13,17H,3,7-11H2,1-2,4-6H3/b18-16-. The van der Waals surface area contributed by atoms with E-state index in [2.05, 4.69) is 21.8 Å². The topological polar surface area (TPSA) is 89.9 Å². The summed E-state index contributed by atoms with van der Waals surface area (Å²) >= 11 is 0. The van der Waals surface area contributed by atoms with Crippen LogP contribution in [-0.4, -0.2) is 65.4 Å². The molecule has 1 aromatic rings. The minimum Gasteiger partial charge on any atom is -0.362 e. The lowest BCUT2D eigenvalue weighted by Crippen LogP contribution is -2.38. The van der Waals surface area contributed by atoms with Crippen LogP contribution in [0.1, 0.15) is 24.1 Å². The first-order chi connectivity index (χ1) is 11.7. The molecule has 25 heavy (non-hydrogen) atoms. The zero-order chi connectivity index (χ0) is 18.8. The highest BCUT2D eigenvalue weighted by atomic mass is 32.2. The van der Waals surface area contributed by atoms with Crippen LogP contribution in [0.2, 0.25) is 0 Å². The number of aromatic nitrogens is 2. The Morgan fingerprint density at radius 1 is 1.40 bits per heavy atom. The molecule has 1 unspecified atom stereocenters. The minimum atomic E-state index is -2.60. The van der Waals surface area contributed by atoms with Crippen LogP contribution in [0.5, 0.6) is 0 Å². The third-order valence-corrected chi connectivity index (χ3v) is 6.04. The predicted molar refractivity (Wildman–Crippen MR) is 103 cm³/mol. The Morgan fingerprint density at radius 2 is 2.00 bits per heavy atom. The van der Waals surface area contributed by atoms with Crippen LogP contribution < -0.4 is 10.5 Å². The molecule has 0 spiro atoms. The number of piperidine rings is 1. The van der Waals surface area contributed by atoms with Crippen molar-refractivity contribution in [1.82, 2.24) is 14.0 Å². The van der Waals surface area contributed by atoms with Gasteiger partial charge in [0.2, 0.25) is 5.62 Å². The van der Waals surface area contributed by atoms with Gasteiger partial charge in [-0.3, -0.25) is 4.99 Å². The number of anilines is 1. The Morgan fingerprint density at radius 3 is 2.44 bits per heavy atom. The minimum absolute atomic E-state index is 0.472. The van der Waals surface area contributed by atoms with E-state index in [4.69, 9.17) is 4.78 Å². The van der Waals surface area contributed by atoms with E-state index in [-0.39, 0.29) is 0 Å². The molecule has 1 aliphatic rings. The Hall–Kier alpha value is -1.74. The van der Waals surface area contributed by atoms with Gasteiger partial charge in [0.05, 0.1) is 0 Å². The summed E-state index contributed by atoms with van der Waals surface area (Å²) in [6.07, 6.45) is 4.23. The van der Waals surface area contributed by atoms with Gasteiger partial charge >= 0.3 is 0 Å². The largest absolute Gasteiger partial charge is 0.362 e. The van der Waals surface area contributed by atoms with E-state index in [1.54, 1.807) is 16.0 Å². The van der Waals surface area contributed by atoms with Crippen molar-refractivity contribution in [2.24, 2.45) is 16.0 Å². The maximum atomic E-state index is 11.9. The molecule has 140 valence electrons. The Bertz CT molecular complexity index is 803. The van der Waals surface area contributed by atoms with Gasteiger partial charge in [0, 0.05) is 58.5 Å². The summed E-state index contributed by atoms with van der Waals surface area (Å²) in [6, 6.07) is 0. The van der Waals surface area contributed by atoms with Gasteiger partial charge in [-0.15, -0.1) is 0 Å². The maximum absolute atomic E-state index is 11.9. The smallest absolute Gasteiger partial charge is 0.247 e. The molecule has 0 amide bonds. The summed E-state index contributed by atoms with van der Waals surface area (Å²) in [5.74, 6) is 1.42. The highest BCUT2D eigenvalue weighted by Crippen LogP contribution is 2.28. The summed E-state index contributed by atoms with van der Waals surface area (Å²) in [7, 11) is 3.06. The molecular formula is C16H29N7OS. The third kappa shape index (κ3) is 4.27. The van der Waals surface area contributed by atoms with Gasteiger partial charge < -0.3 is 4.90 Å². The molecule has 2 rings (SSSR count). The molecular weight excluding hydrogens is 338 g/mol. The lowest BCUT2D eigenvalue weighted by molar-refractivity contribution is 0.280.